The van der Waals surface area contributed by atoms with Crippen molar-refractivity contribution in [2.75, 3.05) is 17.1 Å². The van der Waals surface area contributed by atoms with Gasteiger partial charge < -0.3 is 10.1 Å². The van der Waals surface area contributed by atoms with Gasteiger partial charge in [-0.3, -0.25) is 9.52 Å². The zero-order valence-electron chi connectivity index (χ0n) is 16.4. The van der Waals surface area contributed by atoms with Crippen LogP contribution in [0.5, 0.6) is 5.75 Å². The van der Waals surface area contributed by atoms with Crippen molar-refractivity contribution in [2.45, 2.75) is 11.1 Å². The Morgan fingerprint density at radius 2 is 1.59 bits per heavy atom. The minimum atomic E-state index is -4.78. The number of amides is 1. The Morgan fingerprint density at radius 3 is 2.25 bits per heavy atom. The molecule has 0 aromatic heterocycles. The molecule has 3 rings (SSSR count). The van der Waals surface area contributed by atoms with Crippen LogP contribution in [-0.2, 0) is 16.2 Å². The second kappa shape index (κ2) is 8.87. The molecule has 3 aromatic rings. The Labute approximate surface area is 180 Å². The van der Waals surface area contributed by atoms with Gasteiger partial charge in [0.1, 0.15) is 11.6 Å². The summed E-state index contributed by atoms with van der Waals surface area (Å²) >= 11 is 0. The van der Waals surface area contributed by atoms with Crippen molar-refractivity contribution in [2.24, 2.45) is 0 Å². The third kappa shape index (κ3) is 4.99. The highest BCUT2D eigenvalue weighted by Gasteiger charge is 2.34. The van der Waals surface area contributed by atoms with Crippen LogP contribution in [0.1, 0.15) is 15.9 Å². The number of rotatable bonds is 6. The highest BCUT2D eigenvalue weighted by molar-refractivity contribution is 7.92. The summed E-state index contributed by atoms with van der Waals surface area (Å²) in [5, 5.41) is 2.35. The first kappa shape index (κ1) is 23.1. The molecule has 11 heteroatoms. The van der Waals surface area contributed by atoms with E-state index in [4.69, 9.17) is 4.74 Å². The summed E-state index contributed by atoms with van der Waals surface area (Å²) in [6.07, 6.45) is -4.78. The molecule has 0 saturated carbocycles. The molecule has 1 amide bonds. The van der Waals surface area contributed by atoms with Crippen LogP contribution in [-0.4, -0.2) is 21.4 Å². The van der Waals surface area contributed by atoms with E-state index >= 15 is 0 Å². The number of anilines is 2. The number of para-hydroxylation sites is 1. The third-order valence-corrected chi connectivity index (χ3v) is 5.69. The maximum absolute atomic E-state index is 13.9. The second-order valence-corrected chi connectivity index (χ2v) is 8.13. The van der Waals surface area contributed by atoms with Gasteiger partial charge in [-0.15, -0.1) is 0 Å². The molecule has 0 atom stereocenters. The molecular formula is C21H16F4N2O4S. The van der Waals surface area contributed by atoms with E-state index in [-0.39, 0.29) is 17.0 Å². The molecule has 3 aromatic carbocycles. The van der Waals surface area contributed by atoms with Crippen LogP contribution in [0.3, 0.4) is 0 Å². The van der Waals surface area contributed by atoms with Crippen molar-refractivity contribution < 1.29 is 35.5 Å². The van der Waals surface area contributed by atoms with E-state index in [1.54, 1.807) is 0 Å². The van der Waals surface area contributed by atoms with Crippen LogP contribution < -0.4 is 14.8 Å². The fourth-order valence-electron chi connectivity index (χ4n) is 2.81. The number of hydrogen-bond acceptors (Lipinski definition) is 4. The largest absolute Gasteiger partial charge is 0.495 e. The summed E-state index contributed by atoms with van der Waals surface area (Å²) in [4.78, 5) is 12.0. The summed E-state index contributed by atoms with van der Waals surface area (Å²) in [6.45, 7) is 0. The van der Waals surface area contributed by atoms with Gasteiger partial charge in [-0.2, -0.15) is 13.2 Å². The van der Waals surface area contributed by atoms with Crippen molar-refractivity contribution in [1.29, 1.82) is 0 Å². The van der Waals surface area contributed by atoms with Gasteiger partial charge in [0.25, 0.3) is 15.9 Å². The highest BCUT2D eigenvalue weighted by atomic mass is 32.2. The molecule has 0 radical (unpaired) electrons. The number of methoxy groups -OCH3 is 1. The molecule has 168 valence electrons. The number of hydrogen-bond donors (Lipinski definition) is 2. The van der Waals surface area contributed by atoms with Crippen molar-refractivity contribution in [3.8, 4) is 5.75 Å². The van der Waals surface area contributed by atoms with E-state index in [0.717, 1.165) is 36.4 Å². The van der Waals surface area contributed by atoms with Gasteiger partial charge in [-0.05, 0) is 42.5 Å². The van der Waals surface area contributed by atoms with Gasteiger partial charge in [0.15, 0.2) is 0 Å². The maximum atomic E-state index is 13.9. The molecule has 0 spiro atoms. The molecule has 0 bridgehead atoms. The van der Waals surface area contributed by atoms with Gasteiger partial charge in [0, 0.05) is 0 Å². The van der Waals surface area contributed by atoms with Crippen molar-refractivity contribution in [3.05, 3.63) is 83.7 Å². The number of carbonyl (C=O) groups is 1. The predicted molar refractivity (Wildman–Crippen MR) is 110 cm³/mol. The lowest BCUT2D eigenvalue weighted by atomic mass is 10.2. The van der Waals surface area contributed by atoms with Gasteiger partial charge in [0.2, 0.25) is 0 Å². The zero-order chi connectivity index (χ0) is 23.5. The Bertz CT molecular complexity index is 1260. The van der Waals surface area contributed by atoms with Crippen LogP contribution in [0.15, 0.2) is 71.6 Å². The molecule has 0 unspecified atom stereocenters. The third-order valence-electron chi connectivity index (χ3n) is 4.32. The molecule has 6 nitrogen and oxygen atoms in total. The van der Waals surface area contributed by atoms with Crippen molar-refractivity contribution in [3.63, 3.8) is 0 Å². The summed E-state index contributed by atoms with van der Waals surface area (Å²) in [5.41, 5.74) is -2.23. The number of ether oxygens (including phenoxy) is 1. The lowest BCUT2D eigenvalue weighted by Crippen LogP contribution is -2.18. The molecule has 2 N–H and O–H groups in total. The average molecular weight is 468 g/mol. The number of nitrogens with one attached hydrogen (secondary N) is 2. The Hall–Kier alpha value is -3.60. The van der Waals surface area contributed by atoms with Gasteiger partial charge >= 0.3 is 6.18 Å². The molecule has 0 heterocycles. The summed E-state index contributed by atoms with van der Waals surface area (Å²) in [5.74, 6) is -1.60. The number of sulfonamides is 1. The molecule has 0 fully saturated rings. The fraction of sp³-hybridized carbons (Fsp3) is 0.0952. The van der Waals surface area contributed by atoms with Crippen LogP contribution in [0.2, 0.25) is 0 Å². The predicted octanol–water partition coefficient (Wildman–Crippen LogP) is 4.91. The second-order valence-electron chi connectivity index (χ2n) is 6.44. The smallest absolute Gasteiger partial charge is 0.418 e. The Balaban J connectivity index is 1.96. The molecule has 0 saturated heterocycles. The first-order valence-electron chi connectivity index (χ1n) is 8.96. The van der Waals surface area contributed by atoms with Gasteiger partial charge in [-0.25, -0.2) is 12.8 Å². The van der Waals surface area contributed by atoms with Crippen LogP contribution >= 0.6 is 0 Å². The molecular weight excluding hydrogens is 452 g/mol. The summed E-state index contributed by atoms with van der Waals surface area (Å²) in [6, 6.07) is 12.5. The molecule has 0 aliphatic heterocycles. The minimum Gasteiger partial charge on any atom is -0.495 e. The topological polar surface area (TPSA) is 84.5 Å². The van der Waals surface area contributed by atoms with E-state index < -0.39 is 44.1 Å². The number of carbonyl (C=O) groups excluding carboxylic acids is 1. The van der Waals surface area contributed by atoms with E-state index in [1.807, 2.05) is 4.72 Å². The Morgan fingerprint density at radius 1 is 0.938 bits per heavy atom. The van der Waals surface area contributed by atoms with E-state index in [9.17, 15) is 30.8 Å². The Kier molecular flexibility index (Phi) is 6.40. The van der Waals surface area contributed by atoms with Gasteiger partial charge in [-0.1, -0.05) is 24.3 Å². The number of halogens is 4. The van der Waals surface area contributed by atoms with Crippen LogP contribution in [0, 0.1) is 5.82 Å². The molecule has 32 heavy (non-hydrogen) atoms. The molecule has 0 aliphatic rings. The van der Waals surface area contributed by atoms with E-state index in [1.165, 1.54) is 37.4 Å². The fourth-order valence-corrected chi connectivity index (χ4v) is 3.92. The quantitative estimate of drug-likeness (QED) is 0.504. The van der Waals surface area contributed by atoms with Crippen LogP contribution in [0.25, 0.3) is 0 Å². The van der Waals surface area contributed by atoms with Crippen molar-refractivity contribution in [1.82, 2.24) is 0 Å². The van der Waals surface area contributed by atoms with E-state index in [2.05, 4.69) is 5.32 Å². The number of alkyl halides is 3. The average Bonchev–Trinajstić information content (AvgIpc) is 2.73. The lowest BCUT2D eigenvalue weighted by Gasteiger charge is -2.16. The van der Waals surface area contributed by atoms with Crippen LogP contribution in [0.4, 0.5) is 28.9 Å². The number of benzene rings is 3. The lowest BCUT2D eigenvalue weighted by molar-refractivity contribution is -0.136. The summed E-state index contributed by atoms with van der Waals surface area (Å²) in [7, 11) is -3.22. The monoisotopic (exact) mass is 468 g/mol. The first-order chi connectivity index (χ1) is 15.0. The SMILES string of the molecule is COc1ccc(S(=O)(=O)Nc2ccccc2C(F)(F)F)cc1NC(=O)c1ccccc1F. The first-order valence-corrected chi connectivity index (χ1v) is 10.4. The van der Waals surface area contributed by atoms with Gasteiger partial charge in [0.05, 0.1) is 34.5 Å². The normalized spacial score (nSPS) is 11.7. The van der Waals surface area contributed by atoms with E-state index in [0.29, 0.717) is 0 Å². The minimum absolute atomic E-state index is 0.0596. The maximum Gasteiger partial charge on any atom is 0.418 e. The van der Waals surface area contributed by atoms with Crippen molar-refractivity contribution >= 4 is 27.3 Å². The standard InChI is InChI=1S/C21H16F4N2O4S/c1-31-19-11-10-13(12-18(19)26-20(28)14-6-2-4-8-16(14)22)32(29,30)27-17-9-5-3-7-15(17)21(23,24)25/h2-12,27H,1H3,(H,26,28). The summed E-state index contributed by atoms with van der Waals surface area (Å²) < 4.78 is 86.0. The molecule has 0 aliphatic carbocycles. The zero-order valence-corrected chi connectivity index (χ0v) is 17.2. The highest BCUT2D eigenvalue weighted by Crippen LogP contribution is 2.36.